The zero-order valence-corrected chi connectivity index (χ0v) is 9.11. The van der Waals surface area contributed by atoms with Gasteiger partial charge in [0.1, 0.15) is 11.0 Å². The first-order valence-corrected chi connectivity index (χ1v) is 4.88. The lowest BCUT2D eigenvalue weighted by molar-refractivity contribution is -0.120. The van der Waals surface area contributed by atoms with Crippen LogP contribution in [0.3, 0.4) is 0 Å². The van der Waals surface area contributed by atoms with E-state index in [4.69, 9.17) is 5.73 Å². The number of fused-ring (bicyclic) bond motifs is 1. The molecule has 2 rings (SSSR count). The van der Waals surface area contributed by atoms with E-state index in [1.54, 1.807) is 32.0 Å². The van der Waals surface area contributed by atoms with Gasteiger partial charge in [-0.05, 0) is 32.0 Å². The number of nitrogens with one attached hydrogen (secondary N) is 2. The standard InChI is InChI=1S/C10H13N5O/c1-10(2,11)9(16)12-6-3-4-7-8(5-6)14-15-13-7/h3-5H,11H2,1-2H3,(H,12,16)(H,13,14,15). The summed E-state index contributed by atoms with van der Waals surface area (Å²) < 4.78 is 0. The van der Waals surface area contributed by atoms with Crippen LogP contribution in [0, 0.1) is 0 Å². The molecule has 0 bridgehead atoms. The van der Waals surface area contributed by atoms with E-state index in [0.29, 0.717) is 11.2 Å². The van der Waals surface area contributed by atoms with E-state index in [9.17, 15) is 4.79 Å². The summed E-state index contributed by atoms with van der Waals surface area (Å²) in [5.74, 6) is -0.240. The average Bonchev–Trinajstić information content (AvgIpc) is 2.63. The monoisotopic (exact) mass is 219 g/mol. The molecular formula is C10H13N5O. The Hall–Kier alpha value is -1.95. The molecule has 6 heteroatoms. The number of hydrogen-bond donors (Lipinski definition) is 3. The van der Waals surface area contributed by atoms with Gasteiger partial charge < -0.3 is 11.1 Å². The van der Waals surface area contributed by atoms with Crippen molar-refractivity contribution in [3.8, 4) is 0 Å². The quantitative estimate of drug-likeness (QED) is 0.690. The number of aromatic amines is 1. The Morgan fingerprint density at radius 3 is 2.75 bits per heavy atom. The van der Waals surface area contributed by atoms with E-state index in [1.165, 1.54) is 0 Å². The van der Waals surface area contributed by atoms with Gasteiger partial charge in [0, 0.05) is 5.69 Å². The Bertz CT molecular complexity index is 525. The predicted molar refractivity (Wildman–Crippen MR) is 60.8 cm³/mol. The van der Waals surface area contributed by atoms with Crippen molar-refractivity contribution in [1.82, 2.24) is 15.4 Å². The Morgan fingerprint density at radius 2 is 2.06 bits per heavy atom. The van der Waals surface area contributed by atoms with Crippen LogP contribution in [-0.4, -0.2) is 26.9 Å². The van der Waals surface area contributed by atoms with Crippen molar-refractivity contribution in [2.24, 2.45) is 5.73 Å². The van der Waals surface area contributed by atoms with E-state index in [1.807, 2.05) is 0 Å². The van der Waals surface area contributed by atoms with E-state index < -0.39 is 5.54 Å². The van der Waals surface area contributed by atoms with Crippen LogP contribution in [0.1, 0.15) is 13.8 Å². The summed E-state index contributed by atoms with van der Waals surface area (Å²) in [7, 11) is 0. The Kier molecular flexibility index (Phi) is 2.35. The summed E-state index contributed by atoms with van der Waals surface area (Å²) in [6.45, 7) is 3.30. The number of nitrogens with zero attached hydrogens (tertiary/aromatic N) is 2. The minimum absolute atomic E-state index is 0.240. The lowest BCUT2D eigenvalue weighted by Crippen LogP contribution is -2.45. The Labute approximate surface area is 92.2 Å². The van der Waals surface area contributed by atoms with Crippen molar-refractivity contribution in [2.75, 3.05) is 5.32 Å². The molecule has 2 aromatic rings. The Morgan fingerprint density at radius 1 is 1.38 bits per heavy atom. The van der Waals surface area contributed by atoms with Gasteiger partial charge in [0.25, 0.3) is 0 Å². The van der Waals surface area contributed by atoms with Gasteiger partial charge in [0.05, 0.1) is 5.54 Å². The molecule has 1 amide bonds. The molecule has 6 nitrogen and oxygen atoms in total. The predicted octanol–water partition coefficient (Wildman–Crippen LogP) is 0.634. The van der Waals surface area contributed by atoms with Crippen LogP contribution in [0.4, 0.5) is 5.69 Å². The van der Waals surface area contributed by atoms with Gasteiger partial charge in [-0.3, -0.25) is 4.79 Å². The third-order valence-corrected chi connectivity index (χ3v) is 2.16. The van der Waals surface area contributed by atoms with Crippen LogP contribution in [-0.2, 0) is 4.79 Å². The second-order valence-corrected chi connectivity index (χ2v) is 4.20. The lowest BCUT2D eigenvalue weighted by Gasteiger charge is -2.17. The molecule has 0 atom stereocenters. The lowest BCUT2D eigenvalue weighted by atomic mass is 10.1. The van der Waals surface area contributed by atoms with Crippen LogP contribution in [0.5, 0.6) is 0 Å². The first-order valence-electron chi connectivity index (χ1n) is 4.88. The number of rotatable bonds is 2. The molecule has 0 unspecified atom stereocenters. The topological polar surface area (TPSA) is 96.7 Å². The average molecular weight is 219 g/mol. The summed E-state index contributed by atoms with van der Waals surface area (Å²) in [6.07, 6.45) is 0. The molecule has 0 saturated heterocycles. The normalized spacial score (nSPS) is 11.7. The van der Waals surface area contributed by atoms with E-state index in [2.05, 4.69) is 20.7 Å². The molecule has 0 aliphatic rings. The van der Waals surface area contributed by atoms with Gasteiger partial charge in [-0.1, -0.05) is 0 Å². The number of carbonyl (C=O) groups is 1. The molecule has 0 fully saturated rings. The summed E-state index contributed by atoms with van der Waals surface area (Å²) in [5.41, 5.74) is 6.88. The van der Waals surface area contributed by atoms with E-state index in [0.717, 1.165) is 5.52 Å². The van der Waals surface area contributed by atoms with Crippen molar-refractivity contribution in [2.45, 2.75) is 19.4 Å². The second-order valence-electron chi connectivity index (χ2n) is 4.20. The maximum Gasteiger partial charge on any atom is 0.243 e. The van der Waals surface area contributed by atoms with Crippen molar-refractivity contribution >= 4 is 22.6 Å². The number of carbonyl (C=O) groups excluding carboxylic acids is 1. The molecular weight excluding hydrogens is 206 g/mol. The largest absolute Gasteiger partial charge is 0.324 e. The van der Waals surface area contributed by atoms with Crippen molar-refractivity contribution in [1.29, 1.82) is 0 Å². The zero-order valence-electron chi connectivity index (χ0n) is 9.11. The van der Waals surface area contributed by atoms with Gasteiger partial charge in [-0.15, -0.1) is 0 Å². The second kappa shape index (κ2) is 3.57. The molecule has 0 aliphatic heterocycles. The van der Waals surface area contributed by atoms with Crippen molar-refractivity contribution < 1.29 is 4.79 Å². The molecule has 1 aromatic carbocycles. The van der Waals surface area contributed by atoms with Crippen molar-refractivity contribution in [3.63, 3.8) is 0 Å². The molecule has 16 heavy (non-hydrogen) atoms. The minimum atomic E-state index is -0.904. The molecule has 84 valence electrons. The maximum atomic E-state index is 11.6. The molecule has 0 spiro atoms. The maximum absolute atomic E-state index is 11.6. The van der Waals surface area contributed by atoms with E-state index in [-0.39, 0.29) is 5.91 Å². The van der Waals surface area contributed by atoms with Crippen LogP contribution in [0.15, 0.2) is 18.2 Å². The zero-order chi connectivity index (χ0) is 11.8. The third kappa shape index (κ3) is 2.01. The van der Waals surface area contributed by atoms with Crippen LogP contribution >= 0.6 is 0 Å². The smallest absolute Gasteiger partial charge is 0.243 e. The van der Waals surface area contributed by atoms with Gasteiger partial charge >= 0.3 is 0 Å². The fraction of sp³-hybridized carbons (Fsp3) is 0.300. The number of aromatic nitrogens is 3. The van der Waals surface area contributed by atoms with E-state index >= 15 is 0 Å². The number of anilines is 1. The number of nitrogens with two attached hydrogens (primary N) is 1. The Balaban J connectivity index is 2.24. The highest BCUT2D eigenvalue weighted by Crippen LogP contribution is 2.15. The number of hydrogen-bond acceptors (Lipinski definition) is 4. The molecule has 4 N–H and O–H groups in total. The molecule has 0 radical (unpaired) electrons. The highest BCUT2D eigenvalue weighted by molar-refractivity contribution is 5.98. The number of benzene rings is 1. The molecule has 1 heterocycles. The minimum Gasteiger partial charge on any atom is -0.324 e. The van der Waals surface area contributed by atoms with Crippen LogP contribution in [0.25, 0.3) is 11.0 Å². The third-order valence-electron chi connectivity index (χ3n) is 2.16. The molecule has 0 saturated carbocycles. The number of amides is 1. The van der Waals surface area contributed by atoms with Crippen molar-refractivity contribution in [3.05, 3.63) is 18.2 Å². The highest BCUT2D eigenvalue weighted by atomic mass is 16.2. The first-order chi connectivity index (χ1) is 7.47. The van der Waals surface area contributed by atoms with Crippen LogP contribution < -0.4 is 11.1 Å². The van der Waals surface area contributed by atoms with Gasteiger partial charge in [0.2, 0.25) is 5.91 Å². The van der Waals surface area contributed by atoms with Crippen LogP contribution in [0.2, 0.25) is 0 Å². The fourth-order valence-electron chi connectivity index (χ4n) is 1.21. The highest BCUT2D eigenvalue weighted by Gasteiger charge is 2.21. The van der Waals surface area contributed by atoms with Gasteiger partial charge in [0.15, 0.2) is 0 Å². The fourth-order valence-corrected chi connectivity index (χ4v) is 1.21. The number of H-pyrrole nitrogens is 1. The summed E-state index contributed by atoms with van der Waals surface area (Å²) >= 11 is 0. The SMILES string of the molecule is CC(C)(N)C(=O)Nc1ccc2n[nH]nc2c1. The summed E-state index contributed by atoms with van der Waals surface area (Å²) in [4.78, 5) is 11.6. The van der Waals surface area contributed by atoms with Gasteiger partial charge in [-0.25, -0.2) is 0 Å². The molecule has 0 aliphatic carbocycles. The van der Waals surface area contributed by atoms with Gasteiger partial charge in [-0.2, -0.15) is 15.4 Å². The molecule has 1 aromatic heterocycles. The summed E-state index contributed by atoms with van der Waals surface area (Å²) in [6, 6.07) is 5.27. The summed E-state index contributed by atoms with van der Waals surface area (Å²) in [5, 5.41) is 13.1. The first kappa shape index (κ1) is 10.6.